The van der Waals surface area contributed by atoms with Crippen LogP contribution in [-0.2, 0) is 6.54 Å². The second-order valence-corrected chi connectivity index (χ2v) is 2.75. The van der Waals surface area contributed by atoms with E-state index in [1.54, 1.807) is 18.3 Å². The van der Waals surface area contributed by atoms with Crippen LogP contribution in [0.4, 0.5) is 0 Å². The van der Waals surface area contributed by atoms with E-state index in [9.17, 15) is 4.79 Å². The molecule has 1 rings (SSSR count). The molecule has 5 heteroatoms. The van der Waals surface area contributed by atoms with E-state index in [1.165, 1.54) is 4.57 Å². The van der Waals surface area contributed by atoms with Gasteiger partial charge in [-0.25, -0.2) is 0 Å². The third kappa shape index (κ3) is 2.30. The Morgan fingerprint density at radius 1 is 1.69 bits per heavy atom. The number of amides is 1. The molecule has 0 aliphatic rings. The van der Waals surface area contributed by atoms with Gasteiger partial charge in [0.05, 0.1) is 19.3 Å². The predicted octanol–water partition coefficient (Wildman–Crippen LogP) is -1.06. The molecule has 0 bridgehead atoms. The molecule has 1 aromatic rings. The van der Waals surface area contributed by atoms with Crippen molar-refractivity contribution in [3.63, 3.8) is 0 Å². The molecule has 0 aromatic carbocycles. The summed E-state index contributed by atoms with van der Waals surface area (Å²) >= 11 is 0. The molecule has 13 heavy (non-hydrogen) atoms. The largest absolute Gasteiger partial charge is 0.394 e. The summed E-state index contributed by atoms with van der Waals surface area (Å²) in [6.07, 6.45) is 0.754. The lowest BCUT2D eigenvalue weighted by molar-refractivity contribution is 0.0794. The number of primary amides is 1. The Hall–Kier alpha value is -1.33. The van der Waals surface area contributed by atoms with Crippen LogP contribution in [0, 0.1) is 0 Å². The van der Waals surface area contributed by atoms with Gasteiger partial charge in [0, 0.05) is 6.20 Å². The van der Waals surface area contributed by atoms with Crippen molar-refractivity contribution in [1.82, 2.24) is 4.57 Å². The van der Waals surface area contributed by atoms with Crippen molar-refractivity contribution in [3.8, 4) is 0 Å². The normalized spacial score (nSPS) is 12.8. The van der Waals surface area contributed by atoms with Crippen LogP contribution in [0.15, 0.2) is 18.3 Å². The number of nitrogens with two attached hydrogens (primary N) is 1. The van der Waals surface area contributed by atoms with Crippen LogP contribution in [-0.4, -0.2) is 33.4 Å². The van der Waals surface area contributed by atoms with Crippen LogP contribution in [0.1, 0.15) is 10.5 Å². The highest BCUT2D eigenvalue weighted by Crippen LogP contribution is 2.02. The number of hydrogen-bond acceptors (Lipinski definition) is 3. The van der Waals surface area contributed by atoms with Gasteiger partial charge in [0.25, 0.3) is 5.91 Å². The zero-order valence-electron chi connectivity index (χ0n) is 7.05. The van der Waals surface area contributed by atoms with Gasteiger partial charge < -0.3 is 20.5 Å². The number of aliphatic hydroxyl groups is 2. The molecule has 0 fully saturated rings. The van der Waals surface area contributed by atoms with Crippen molar-refractivity contribution in [2.24, 2.45) is 5.73 Å². The van der Waals surface area contributed by atoms with E-state index < -0.39 is 12.0 Å². The fourth-order valence-corrected chi connectivity index (χ4v) is 1.08. The van der Waals surface area contributed by atoms with Crippen molar-refractivity contribution in [2.45, 2.75) is 12.6 Å². The zero-order valence-corrected chi connectivity index (χ0v) is 7.05. The van der Waals surface area contributed by atoms with Crippen LogP contribution in [0.2, 0.25) is 0 Å². The van der Waals surface area contributed by atoms with E-state index >= 15 is 0 Å². The summed E-state index contributed by atoms with van der Waals surface area (Å²) in [5.74, 6) is -0.546. The first kappa shape index (κ1) is 9.76. The van der Waals surface area contributed by atoms with Gasteiger partial charge in [-0.2, -0.15) is 0 Å². The Kier molecular flexibility index (Phi) is 3.05. The molecule has 0 spiro atoms. The van der Waals surface area contributed by atoms with Gasteiger partial charge in [-0.1, -0.05) is 0 Å². The van der Waals surface area contributed by atoms with Crippen LogP contribution >= 0.6 is 0 Å². The smallest absolute Gasteiger partial charge is 0.265 e. The Bertz CT molecular complexity index is 295. The zero-order chi connectivity index (χ0) is 9.84. The minimum atomic E-state index is -0.870. The molecule has 1 atom stereocenters. The first-order valence-electron chi connectivity index (χ1n) is 3.89. The summed E-state index contributed by atoms with van der Waals surface area (Å²) in [5, 5.41) is 17.7. The van der Waals surface area contributed by atoms with Gasteiger partial charge >= 0.3 is 0 Å². The molecule has 72 valence electrons. The highest BCUT2D eigenvalue weighted by atomic mass is 16.3. The Morgan fingerprint density at radius 3 is 2.92 bits per heavy atom. The van der Waals surface area contributed by atoms with Crippen LogP contribution in [0.5, 0.6) is 0 Å². The van der Waals surface area contributed by atoms with E-state index in [-0.39, 0.29) is 13.2 Å². The Labute approximate surface area is 75.4 Å². The van der Waals surface area contributed by atoms with Crippen molar-refractivity contribution >= 4 is 5.91 Å². The van der Waals surface area contributed by atoms with Crippen LogP contribution in [0.25, 0.3) is 0 Å². The summed E-state index contributed by atoms with van der Waals surface area (Å²) in [7, 11) is 0. The lowest BCUT2D eigenvalue weighted by Gasteiger charge is -2.10. The van der Waals surface area contributed by atoms with Gasteiger partial charge in [-0.3, -0.25) is 4.79 Å². The maximum atomic E-state index is 10.8. The molecule has 1 aromatic heterocycles. The molecule has 4 N–H and O–H groups in total. The average molecular weight is 184 g/mol. The molecule has 0 radical (unpaired) electrons. The first-order chi connectivity index (χ1) is 6.15. The third-order valence-electron chi connectivity index (χ3n) is 1.70. The topological polar surface area (TPSA) is 88.5 Å². The number of aromatic nitrogens is 1. The lowest BCUT2D eigenvalue weighted by atomic mass is 10.3. The van der Waals surface area contributed by atoms with Gasteiger partial charge in [0.2, 0.25) is 0 Å². The second-order valence-electron chi connectivity index (χ2n) is 2.75. The highest BCUT2D eigenvalue weighted by molar-refractivity contribution is 5.91. The predicted molar refractivity (Wildman–Crippen MR) is 46.0 cm³/mol. The fraction of sp³-hybridized carbons (Fsp3) is 0.375. The van der Waals surface area contributed by atoms with E-state index in [0.717, 1.165) is 0 Å². The number of nitrogens with zero attached hydrogens (tertiary/aromatic N) is 1. The summed E-state index contributed by atoms with van der Waals surface area (Å²) in [6, 6.07) is 3.22. The van der Waals surface area contributed by atoms with Crippen molar-refractivity contribution in [1.29, 1.82) is 0 Å². The summed E-state index contributed by atoms with van der Waals surface area (Å²) in [4.78, 5) is 10.8. The van der Waals surface area contributed by atoms with Crippen molar-refractivity contribution in [2.75, 3.05) is 6.61 Å². The number of carbonyl (C=O) groups excluding carboxylic acids is 1. The lowest BCUT2D eigenvalue weighted by Crippen LogP contribution is -2.24. The molecule has 0 unspecified atom stereocenters. The molecular formula is C8H12N2O3. The first-order valence-corrected chi connectivity index (χ1v) is 3.89. The summed E-state index contributed by atoms with van der Waals surface area (Å²) < 4.78 is 1.50. The molecule has 5 nitrogen and oxygen atoms in total. The van der Waals surface area contributed by atoms with Gasteiger partial charge in [-0.15, -0.1) is 0 Å². The minimum absolute atomic E-state index is 0.168. The van der Waals surface area contributed by atoms with E-state index in [4.69, 9.17) is 15.9 Å². The second kappa shape index (κ2) is 4.06. The van der Waals surface area contributed by atoms with Gasteiger partial charge in [-0.05, 0) is 12.1 Å². The number of carbonyl (C=O) groups is 1. The fourth-order valence-electron chi connectivity index (χ4n) is 1.08. The molecule has 1 amide bonds. The maximum absolute atomic E-state index is 10.8. The average Bonchev–Trinajstić information content (AvgIpc) is 2.52. The number of hydrogen-bond donors (Lipinski definition) is 3. The monoisotopic (exact) mass is 184 g/mol. The molecule has 0 saturated carbocycles. The summed E-state index contributed by atoms with van der Waals surface area (Å²) in [5.41, 5.74) is 5.40. The minimum Gasteiger partial charge on any atom is -0.394 e. The van der Waals surface area contributed by atoms with Crippen LogP contribution < -0.4 is 5.73 Å². The standard InChI is InChI=1S/C8H12N2O3/c9-8(13)7-2-1-3-10(7)4-6(12)5-11/h1-3,6,11-12H,4-5H2,(H2,9,13)/t6-/m1/s1. The highest BCUT2D eigenvalue weighted by Gasteiger charge is 2.09. The SMILES string of the molecule is NC(=O)c1cccn1C[C@@H](O)CO. The molecular weight excluding hydrogens is 172 g/mol. The van der Waals surface area contributed by atoms with Gasteiger partial charge in [0.1, 0.15) is 5.69 Å². The number of aliphatic hydroxyl groups excluding tert-OH is 2. The Balaban J connectivity index is 2.76. The summed E-state index contributed by atoms with van der Waals surface area (Å²) in [6.45, 7) is -0.168. The van der Waals surface area contributed by atoms with E-state index in [2.05, 4.69) is 0 Å². The quantitative estimate of drug-likeness (QED) is 0.557. The molecule has 1 heterocycles. The third-order valence-corrected chi connectivity index (χ3v) is 1.70. The van der Waals surface area contributed by atoms with E-state index in [0.29, 0.717) is 5.69 Å². The molecule has 0 aliphatic carbocycles. The molecule has 0 saturated heterocycles. The van der Waals surface area contributed by atoms with E-state index in [1.807, 2.05) is 0 Å². The number of rotatable bonds is 4. The maximum Gasteiger partial charge on any atom is 0.265 e. The van der Waals surface area contributed by atoms with Crippen LogP contribution in [0.3, 0.4) is 0 Å². The van der Waals surface area contributed by atoms with Crippen molar-refractivity contribution in [3.05, 3.63) is 24.0 Å². The van der Waals surface area contributed by atoms with Gasteiger partial charge in [0.15, 0.2) is 0 Å². The van der Waals surface area contributed by atoms with Crippen molar-refractivity contribution < 1.29 is 15.0 Å². The molecule has 0 aliphatic heterocycles. The Morgan fingerprint density at radius 2 is 2.38 bits per heavy atom.